The van der Waals surface area contributed by atoms with E-state index in [2.05, 4.69) is 15.2 Å². The number of nitrogens with zero attached hydrogens (tertiary/aromatic N) is 4. The summed E-state index contributed by atoms with van der Waals surface area (Å²) in [5.74, 6) is -0.246. The van der Waals surface area contributed by atoms with E-state index >= 15 is 0 Å². The molecule has 2 aromatic heterocycles. The normalized spacial score (nSPS) is 12.4. The fourth-order valence-electron chi connectivity index (χ4n) is 2.66. The van der Waals surface area contributed by atoms with Gasteiger partial charge in [0.1, 0.15) is 7.11 Å². The average molecular weight is 425 g/mol. The van der Waals surface area contributed by atoms with E-state index in [0.29, 0.717) is 27.5 Å². The Balaban J connectivity index is 2.20. The minimum absolute atomic E-state index is 0.114. The van der Waals surface area contributed by atoms with Crippen LogP contribution in [0.2, 0.25) is 5.02 Å². The minimum atomic E-state index is -3.83. The Kier molecular flexibility index (Phi) is 5.82. The van der Waals surface area contributed by atoms with Gasteiger partial charge in [-0.05, 0) is 29.4 Å². The molecule has 0 unspecified atom stereocenters. The van der Waals surface area contributed by atoms with Crippen molar-refractivity contribution in [1.29, 1.82) is 0 Å². The number of benzene rings is 1. The van der Waals surface area contributed by atoms with Crippen LogP contribution in [0.25, 0.3) is 16.6 Å². The molecule has 0 atom stereocenters. The summed E-state index contributed by atoms with van der Waals surface area (Å²) in [7, 11) is -1.04. The summed E-state index contributed by atoms with van der Waals surface area (Å²) in [5, 5.41) is 9.42. The molecule has 1 aromatic carbocycles. The van der Waals surface area contributed by atoms with Crippen molar-refractivity contribution in [2.75, 3.05) is 20.5 Å². The summed E-state index contributed by atoms with van der Waals surface area (Å²) < 4.78 is 35.1. The lowest BCUT2D eigenvalue weighted by Gasteiger charge is -2.12. The summed E-state index contributed by atoms with van der Waals surface area (Å²) in [6.45, 7) is 0.114. The van der Waals surface area contributed by atoms with Gasteiger partial charge in [0.15, 0.2) is 0 Å². The largest absolute Gasteiger partial charge is 0.396 e. The van der Waals surface area contributed by atoms with E-state index in [1.807, 2.05) is 6.07 Å². The lowest BCUT2D eigenvalue weighted by molar-refractivity contribution is 0.178. The molecule has 2 heterocycles. The fraction of sp³-hybridized carbons (Fsp3) is 0.235. The number of hydrogen-bond donors (Lipinski definition) is 0. The van der Waals surface area contributed by atoms with Gasteiger partial charge in [0.25, 0.3) is 5.90 Å². The molecule has 148 valence electrons. The summed E-state index contributed by atoms with van der Waals surface area (Å²) in [5.41, 5.74) is 2.22. The van der Waals surface area contributed by atoms with E-state index in [9.17, 15) is 8.42 Å². The molecule has 0 spiro atoms. The Morgan fingerprint density at radius 3 is 2.75 bits per heavy atom. The number of rotatable bonds is 6. The molecule has 0 radical (unpaired) electrons. The predicted molar refractivity (Wildman–Crippen MR) is 104 cm³/mol. The van der Waals surface area contributed by atoms with E-state index < -0.39 is 10.1 Å². The quantitative estimate of drug-likeness (QED) is 0.259. The molecule has 0 N–H and O–H groups in total. The summed E-state index contributed by atoms with van der Waals surface area (Å²) in [6.07, 6.45) is 3.97. The smallest absolute Gasteiger partial charge is 0.307 e. The van der Waals surface area contributed by atoms with E-state index in [4.69, 9.17) is 25.4 Å². The lowest BCUT2D eigenvalue weighted by atomic mass is 10.1. The number of ether oxygens (including phenoxy) is 1. The Hall–Kier alpha value is -2.69. The van der Waals surface area contributed by atoms with Crippen molar-refractivity contribution >= 4 is 38.5 Å². The SMILES string of the molecule is COCc1c(/C(=N/OC)OS(C)(=O)=O)cnn1-c1ccnc2cc(Cl)ccc12. The second-order valence-corrected chi connectivity index (χ2v) is 7.72. The van der Waals surface area contributed by atoms with E-state index in [-0.39, 0.29) is 12.5 Å². The first-order chi connectivity index (χ1) is 13.3. The number of hydrogen-bond acceptors (Lipinski definition) is 8. The van der Waals surface area contributed by atoms with Crippen molar-refractivity contribution < 1.29 is 22.2 Å². The van der Waals surface area contributed by atoms with Gasteiger partial charge in [-0.25, -0.2) is 4.68 Å². The molecular weight excluding hydrogens is 408 g/mol. The lowest BCUT2D eigenvalue weighted by Crippen LogP contribution is -2.16. The Morgan fingerprint density at radius 2 is 2.07 bits per heavy atom. The second kappa shape index (κ2) is 8.13. The third-order valence-electron chi connectivity index (χ3n) is 3.69. The van der Waals surface area contributed by atoms with Crippen molar-refractivity contribution in [1.82, 2.24) is 14.8 Å². The molecular formula is C17H17ClN4O5S. The van der Waals surface area contributed by atoms with Crippen LogP contribution in [-0.4, -0.2) is 49.6 Å². The highest BCUT2D eigenvalue weighted by molar-refractivity contribution is 7.86. The van der Waals surface area contributed by atoms with Crippen LogP contribution in [0.1, 0.15) is 11.3 Å². The van der Waals surface area contributed by atoms with Crippen LogP contribution in [0.3, 0.4) is 0 Å². The molecule has 0 aliphatic rings. The molecule has 3 aromatic rings. The predicted octanol–water partition coefficient (Wildman–Crippen LogP) is 2.50. The molecule has 28 heavy (non-hydrogen) atoms. The van der Waals surface area contributed by atoms with Crippen LogP contribution in [0.15, 0.2) is 41.8 Å². The van der Waals surface area contributed by atoms with Crippen LogP contribution >= 0.6 is 11.6 Å². The van der Waals surface area contributed by atoms with Crippen molar-refractivity contribution in [2.45, 2.75) is 6.61 Å². The van der Waals surface area contributed by atoms with Crippen molar-refractivity contribution in [3.8, 4) is 5.69 Å². The molecule has 0 amide bonds. The third kappa shape index (κ3) is 4.24. The third-order valence-corrected chi connectivity index (χ3v) is 4.39. The Bertz CT molecular complexity index is 1140. The van der Waals surface area contributed by atoms with Crippen LogP contribution in [0, 0.1) is 0 Å². The van der Waals surface area contributed by atoms with Gasteiger partial charge in [-0.15, -0.1) is 0 Å². The number of halogens is 1. The van der Waals surface area contributed by atoms with Gasteiger partial charge in [0, 0.05) is 23.7 Å². The van der Waals surface area contributed by atoms with Gasteiger partial charge in [0.2, 0.25) is 0 Å². The summed E-state index contributed by atoms with van der Waals surface area (Å²) in [4.78, 5) is 9.05. The molecule has 3 rings (SSSR count). The van der Waals surface area contributed by atoms with Gasteiger partial charge in [-0.3, -0.25) is 4.98 Å². The second-order valence-electron chi connectivity index (χ2n) is 5.71. The monoisotopic (exact) mass is 424 g/mol. The van der Waals surface area contributed by atoms with E-state index in [1.54, 1.807) is 29.1 Å². The number of methoxy groups -OCH3 is 1. The maximum atomic E-state index is 11.6. The first kappa shape index (κ1) is 20.1. The summed E-state index contributed by atoms with van der Waals surface area (Å²) >= 11 is 6.05. The van der Waals surface area contributed by atoms with Crippen molar-refractivity contribution in [3.05, 3.63) is 52.9 Å². The highest BCUT2D eigenvalue weighted by Gasteiger charge is 2.23. The fourth-order valence-corrected chi connectivity index (χ4v) is 3.24. The van der Waals surface area contributed by atoms with Gasteiger partial charge in [-0.1, -0.05) is 11.6 Å². The topological polar surface area (TPSA) is 105 Å². The molecule has 0 saturated carbocycles. The standard InChI is InChI=1S/C17H17ClN4O5S/c1-25-10-16-13(17(21-26-2)27-28(3,23)24)9-20-22(16)15-6-7-19-14-8-11(18)4-5-12(14)15/h4-9H,10H2,1-3H3/b21-17-. The first-order valence-corrected chi connectivity index (χ1v) is 10.1. The van der Waals surface area contributed by atoms with Crippen LogP contribution in [0.5, 0.6) is 0 Å². The molecule has 0 fully saturated rings. The number of aromatic nitrogens is 3. The Labute approximate surface area is 166 Å². The van der Waals surface area contributed by atoms with Crippen molar-refractivity contribution in [3.63, 3.8) is 0 Å². The molecule has 11 heteroatoms. The zero-order valence-electron chi connectivity index (χ0n) is 15.3. The number of fused-ring (bicyclic) bond motifs is 1. The molecule has 0 bridgehead atoms. The van der Waals surface area contributed by atoms with E-state index in [0.717, 1.165) is 11.6 Å². The maximum Gasteiger partial charge on any atom is 0.307 e. The van der Waals surface area contributed by atoms with Crippen LogP contribution in [0.4, 0.5) is 0 Å². The zero-order chi connectivity index (χ0) is 20.3. The van der Waals surface area contributed by atoms with E-state index in [1.165, 1.54) is 20.4 Å². The molecule has 0 aliphatic heterocycles. The highest BCUT2D eigenvalue weighted by atomic mass is 35.5. The van der Waals surface area contributed by atoms with Crippen molar-refractivity contribution in [2.24, 2.45) is 5.16 Å². The molecule has 0 aliphatic carbocycles. The molecule has 9 nitrogen and oxygen atoms in total. The molecule has 0 saturated heterocycles. The number of pyridine rings is 1. The van der Waals surface area contributed by atoms with Gasteiger partial charge >= 0.3 is 10.1 Å². The summed E-state index contributed by atoms with van der Waals surface area (Å²) in [6, 6.07) is 7.09. The van der Waals surface area contributed by atoms with Crippen LogP contribution < -0.4 is 0 Å². The van der Waals surface area contributed by atoms with Gasteiger partial charge < -0.3 is 13.8 Å². The van der Waals surface area contributed by atoms with Crippen LogP contribution in [-0.2, 0) is 30.5 Å². The number of oxime groups is 1. The average Bonchev–Trinajstić information content (AvgIpc) is 3.03. The van der Waals surface area contributed by atoms with Gasteiger partial charge in [-0.2, -0.15) is 13.5 Å². The maximum absolute atomic E-state index is 11.6. The highest BCUT2D eigenvalue weighted by Crippen LogP contribution is 2.26. The first-order valence-electron chi connectivity index (χ1n) is 7.95. The Morgan fingerprint density at radius 1 is 1.29 bits per heavy atom. The minimum Gasteiger partial charge on any atom is -0.396 e. The zero-order valence-corrected chi connectivity index (χ0v) is 16.9. The van der Waals surface area contributed by atoms with Gasteiger partial charge in [0.05, 0.1) is 41.5 Å².